The van der Waals surface area contributed by atoms with Gasteiger partial charge in [-0.2, -0.15) is 0 Å². The molecule has 122 valence electrons. The predicted molar refractivity (Wildman–Crippen MR) is 87.7 cm³/mol. The quantitative estimate of drug-likeness (QED) is 0.794. The van der Waals surface area contributed by atoms with Gasteiger partial charge >= 0.3 is 0 Å². The lowest BCUT2D eigenvalue weighted by molar-refractivity contribution is -0.111. The van der Waals surface area contributed by atoms with E-state index in [0.29, 0.717) is 0 Å². The zero-order chi connectivity index (χ0) is 14.7. The number of hydrogen-bond donors (Lipinski definition) is 0. The van der Waals surface area contributed by atoms with E-state index in [1.165, 1.54) is 77.5 Å². The number of ether oxygens (including phenoxy) is 1. The Kier molecular flexibility index (Phi) is 5.23. The van der Waals surface area contributed by atoms with Gasteiger partial charge in [0.05, 0.1) is 5.60 Å². The van der Waals surface area contributed by atoms with Crippen LogP contribution in [0.15, 0.2) is 0 Å². The minimum Gasteiger partial charge on any atom is -0.375 e. The molecule has 0 N–H and O–H groups in total. The van der Waals surface area contributed by atoms with Crippen molar-refractivity contribution in [3.63, 3.8) is 0 Å². The van der Waals surface area contributed by atoms with Crippen LogP contribution in [0.3, 0.4) is 0 Å². The molecule has 0 aliphatic carbocycles. The second kappa shape index (κ2) is 6.97. The molecular formula is C18H34N2O. The Morgan fingerprint density at radius 1 is 0.905 bits per heavy atom. The molecule has 0 amide bonds. The van der Waals surface area contributed by atoms with Crippen LogP contribution in [0.5, 0.6) is 0 Å². The second-order valence-electron chi connectivity index (χ2n) is 7.42. The van der Waals surface area contributed by atoms with Gasteiger partial charge in [-0.3, -0.25) is 9.80 Å². The average molecular weight is 294 g/mol. The molecule has 2 atom stereocenters. The summed E-state index contributed by atoms with van der Waals surface area (Å²) in [5.74, 6) is 0. The first-order valence-electron chi connectivity index (χ1n) is 9.38. The molecule has 0 aromatic rings. The predicted octanol–water partition coefficient (Wildman–Crippen LogP) is 3.28. The van der Waals surface area contributed by atoms with E-state index >= 15 is 0 Å². The molecule has 2 unspecified atom stereocenters. The summed E-state index contributed by atoms with van der Waals surface area (Å²) in [7, 11) is 0. The second-order valence-corrected chi connectivity index (χ2v) is 7.42. The summed E-state index contributed by atoms with van der Waals surface area (Å²) >= 11 is 0. The maximum Gasteiger partial charge on any atom is 0.0692 e. The standard InChI is InChI=1S/C18H34N2O/c1-3-18(4-2)14-16(9-13-21-18)20-12-7-11-19-10-6-5-8-17(19)15-20/h16-17H,3-15H2,1-2H3. The van der Waals surface area contributed by atoms with Crippen molar-refractivity contribution in [3.8, 4) is 0 Å². The maximum absolute atomic E-state index is 6.19. The average Bonchev–Trinajstić information content (AvgIpc) is 2.77. The molecule has 3 heteroatoms. The molecule has 0 aromatic heterocycles. The third-order valence-corrected chi connectivity index (χ3v) is 6.36. The topological polar surface area (TPSA) is 15.7 Å². The van der Waals surface area contributed by atoms with E-state index in [2.05, 4.69) is 23.6 Å². The van der Waals surface area contributed by atoms with Crippen LogP contribution < -0.4 is 0 Å². The van der Waals surface area contributed by atoms with Gasteiger partial charge < -0.3 is 4.74 Å². The summed E-state index contributed by atoms with van der Waals surface area (Å²) in [4.78, 5) is 5.61. The van der Waals surface area contributed by atoms with Gasteiger partial charge in [0.15, 0.2) is 0 Å². The van der Waals surface area contributed by atoms with Crippen molar-refractivity contribution >= 4 is 0 Å². The summed E-state index contributed by atoms with van der Waals surface area (Å²) < 4.78 is 6.19. The lowest BCUT2D eigenvalue weighted by atomic mass is 9.85. The third-order valence-electron chi connectivity index (χ3n) is 6.36. The van der Waals surface area contributed by atoms with Crippen molar-refractivity contribution in [3.05, 3.63) is 0 Å². The molecule has 0 bridgehead atoms. The molecular weight excluding hydrogens is 260 g/mol. The van der Waals surface area contributed by atoms with E-state index in [9.17, 15) is 0 Å². The first kappa shape index (κ1) is 15.8. The first-order valence-corrected chi connectivity index (χ1v) is 9.38. The summed E-state index contributed by atoms with van der Waals surface area (Å²) in [6.45, 7) is 10.9. The summed E-state index contributed by atoms with van der Waals surface area (Å²) in [6, 6.07) is 1.60. The van der Waals surface area contributed by atoms with Gasteiger partial charge in [0.1, 0.15) is 0 Å². The fourth-order valence-electron chi connectivity index (χ4n) is 4.79. The van der Waals surface area contributed by atoms with E-state index in [0.717, 1.165) is 18.7 Å². The summed E-state index contributed by atoms with van der Waals surface area (Å²) in [5, 5.41) is 0. The van der Waals surface area contributed by atoms with E-state index in [4.69, 9.17) is 4.74 Å². The highest BCUT2D eigenvalue weighted by Crippen LogP contribution is 2.34. The van der Waals surface area contributed by atoms with Gasteiger partial charge in [-0.05, 0) is 64.6 Å². The van der Waals surface area contributed by atoms with Gasteiger partial charge in [-0.1, -0.05) is 20.3 Å². The lowest BCUT2D eigenvalue weighted by Gasteiger charge is -2.45. The Balaban J connectivity index is 1.65. The molecule has 3 aliphatic heterocycles. The summed E-state index contributed by atoms with van der Waals surface area (Å²) in [6.07, 6.45) is 10.5. The molecule has 0 aromatic carbocycles. The van der Waals surface area contributed by atoms with Crippen molar-refractivity contribution in [2.75, 3.05) is 32.8 Å². The van der Waals surface area contributed by atoms with Crippen LogP contribution in [0.25, 0.3) is 0 Å². The maximum atomic E-state index is 6.19. The molecule has 3 rings (SSSR count). The number of nitrogens with zero attached hydrogens (tertiary/aromatic N) is 2. The van der Waals surface area contributed by atoms with Gasteiger partial charge in [-0.25, -0.2) is 0 Å². The number of hydrogen-bond acceptors (Lipinski definition) is 3. The highest BCUT2D eigenvalue weighted by atomic mass is 16.5. The minimum atomic E-state index is 0.168. The fraction of sp³-hybridized carbons (Fsp3) is 1.00. The lowest BCUT2D eigenvalue weighted by Crippen LogP contribution is -2.51. The largest absolute Gasteiger partial charge is 0.375 e. The van der Waals surface area contributed by atoms with Gasteiger partial charge in [0.25, 0.3) is 0 Å². The van der Waals surface area contributed by atoms with Crippen LogP contribution in [-0.4, -0.2) is 60.3 Å². The Labute approximate surface area is 131 Å². The van der Waals surface area contributed by atoms with Gasteiger partial charge in [0.2, 0.25) is 0 Å². The molecule has 21 heavy (non-hydrogen) atoms. The van der Waals surface area contributed by atoms with Crippen molar-refractivity contribution < 1.29 is 4.74 Å². The molecule has 3 nitrogen and oxygen atoms in total. The smallest absolute Gasteiger partial charge is 0.0692 e. The van der Waals surface area contributed by atoms with E-state index < -0.39 is 0 Å². The number of piperidine rings is 1. The number of rotatable bonds is 3. The van der Waals surface area contributed by atoms with Crippen LogP contribution in [-0.2, 0) is 4.74 Å². The molecule has 3 heterocycles. The fourth-order valence-corrected chi connectivity index (χ4v) is 4.79. The van der Waals surface area contributed by atoms with Crippen LogP contribution in [0.1, 0.15) is 65.2 Å². The Morgan fingerprint density at radius 2 is 1.67 bits per heavy atom. The SMILES string of the molecule is CCC1(CC)CC(N2CCCN3CCCCC3C2)CCO1. The third kappa shape index (κ3) is 3.46. The first-order chi connectivity index (χ1) is 10.3. The molecule has 3 fully saturated rings. The molecule has 3 aliphatic rings. The van der Waals surface area contributed by atoms with Crippen LogP contribution in [0.4, 0.5) is 0 Å². The zero-order valence-corrected chi connectivity index (χ0v) is 14.1. The van der Waals surface area contributed by atoms with Crippen LogP contribution >= 0.6 is 0 Å². The van der Waals surface area contributed by atoms with Gasteiger partial charge in [-0.15, -0.1) is 0 Å². The van der Waals surface area contributed by atoms with Crippen molar-refractivity contribution in [1.82, 2.24) is 9.80 Å². The van der Waals surface area contributed by atoms with Gasteiger partial charge in [0, 0.05) is 25.2 Å². The molecule has 0 radical (unpaired) electrons. The monoisotopic (exact) mass is 294 g/mol. The molecule has 0 spiro atoms. The Bertz CT molecular complexity index is 329. The zero-order valence-electron chi connectivity index (χ0n) is 14.1. The van der Waals surface area contributed by atoms with Crippen molar-refractivity contribution in [1.29, 1.82) is 0 Å². The normalized spacial score (nSPS) is 35.1. The van der Waals surface area contributed by atoms with Crippen LogP contribution in [0, 0.1) is 0 Å². The molecule has 0 saturated carbocycles. The van der Waals surface area contributed by atoms with E-state index in [1.54, 1.807) is 0 Å². The Hall–Kier alpha value is -0.120. The van der Waals surface area contributed by atoms with E-state index in [-0.39, 0.29) is 5.60 Å². The molecule has 3 saturated heterocycles. The highest BCUT2D eigenvalue weighted by Gasteiger charge is 2.38. The van der Waals surface area contributed by atoms with E-state index in [1.807, 2.05) is 0 Å². The number of fused-ring (bicyclic) bond motifs is 1. The Morgan fingerprint density at radius 3 is 2.48 bits per heavy atom. The minimum absolute atomic E-state index is 0.168. The van der Waals surface area contributed by atoms with Crippen molar-refractivity contribution in [2.45, 2.75) is 82.9 Å². The van der Waals surface area contributed by atoms with Crippen LogP contribution in [0.2, 0.25) is 0 Å². The van der Waals surface area contributed by atoms with Crippen molar-refractivity contribution in [2.24, 2.45) is 0 Å². The highest BCUT2D eigenvalue weighted by molar-refractivity contribution is 4.92. The summed E-state index contributed by atoms with van der Waals surface area (Å²) in [5.41, 5.74) is 0.168.